The molecule has 1 aromatic carbocycles. The van der Waals surface area contributed by atoms with Crippen molar-refractivity contribution in [1.82, 2.24) is 4.72 Å². The van der Waals surface area contributed by atoms with Gasteiger partial charge in [-0.05, 0) is 29.3 Å². The predicted molar refractivity (Wildman–Crippen MR) is 49.2 cm³/mol. The summed E-state index contributed by atoms with van der Waals surface area (Å²) >= 11 is 0. The average Bonchev–Trinajstić information content (AvgIpc) is 2.06. The molecule has 0 saturated heterocycles. The van der Waals surface area contributed by atoms with Crippen LogP contribution in [0.5, 0.6) is 0 Å². The molecule has 2 nitrogen and oxygen atoms in total. The molecule has 0 fully saturated rings. The monoisotopic (exact) mass is 171 g/mol. The summed E-state index contributed by atoms with van der Waals surface area (Å²) in [5.74, 6) is 0. The van der Waals surface area contributed by atoms with Gasteiger partial charge in [0.1, 0.15) is 0 Å². The zero-order chi connectivity index (χ0) is 8.32. The Morgan fingerprint density at radius 2 is 1.82 bits per heavy atom. The van der Waals surface area contributed by atoms with Crippen LogP contribution in [0.1, 0.15) is 0 Å². The number of thiol groups is 1. The van der Waals surface area contributed by atoms with Crippen molar-refractivity contribution in [1.29, 1.82) is 0 Å². The van der Waals surface area contributed by atoms with Gasteiger partial charge in [0.05, 0.1) is 0 Å². The van der Waals surface area contributed by atoms with Gasteiger partial charge >= 0.3 is 0 Å². The van der Waals surface area contributed by atoms with Gasteiger partial charge in [-0.1, -0.05) is 18.2 Å². The maximum Gasteiger partial charge on any atom is 0.0268 e. The number of benzene rings is 1. The van der Waals surface area contributed by atoms with Gasteiger partial charge in [0.2, 0.25) is 0 Å². The fraction of sp³-hybridized carbons (Fsp3) is 0.250. The summed E-state index contributed by atoms with van der Waals surface area (Å²) in [5.41, 5.74) is 0. The van der Waals surface area contributed by atoms with Crippen LogP contribution >= 0.6 is 0 Å². The van der Waals surface area contributed by atoms with E-state index in [1.807, 2.05) is 30.3 Å². The molecule has 1 rings (SSSR count). The Bertz CT molecular complexity index is 271. The zero-order valence-corrected chi connectivity index (χ0v) is 7.64. The van der Waals surface area contributed by atoms with Gasteiger partial charge in [-0.25, -0.2) is 0 Å². The van der Waals surface area contributed by atoms with E-state index in [1.165, 1.54) is 0 Å². The molecule has 0 aliphatic heterocycles. The summed E-state index contributed by atoms with van der Waals surface area (Å²) in [6, 6.07) is 9.44. The van der Waals surface area contributed by atoms with Gasteiger partial charge in [-0.15, -0.1) is 0 Å². The van der Waals surface area contributed by atoms with Crippen LogP contribution in [0.15, 0.2) is 35.2 Å². The summed E-state index contributed by atoms with van der Waals surface area (Å²) in [5, 5.41) is 0. The first-order chi connectivity index (χ1) is 5.17. The standard InChI is InChI=1S/C8H13NOS/c1-9-11(2,10)8-6-4-3-5-7-8/h3-7,11H,1-2H3,(H,9,10). The van der Waals surface area contributed by atoms with E-state index in [4.69, 9.17) is 0 Å². The van der Waals surface area contributed by atoms with E-state index in [2.05, 4.69) is 4.72 Å². The van der Waals surface area contributed by atoms with E-state index in [0.29, 0.717) is 0 Å². The lowest BCUT2D eigenvalue weighted by atomic mass is 10.4. The molecule has 0 aliphatic carbocycles. The van der Waals surface area contributed by atoms with Crippen LogP contribution in [0.3, 0.4) is 0 Å². The first-order valence-corrected chi connectivity index (χ1v) is 5.64. The van der Waals surface area contributed by atoms with Crippen molar-refractivity contribution in [2.75, 3.05) is 13.3 Å². The molecule has 1 N–H and O–H groups in total. The molecule has 0 aromatic heterocycles. The van der Waals surface area contributed by atoms with Crippen LogP contribution in [-0.2, 0) is 10.1 Å². The molecular weight excluding hydrogens is 158 g/mol. The van der Waals surface area contributed by atoms with E-state index < -0.39 is 10.1 Å². The van der Waals surface area contributed by atoms with Gasteiger partial charge in [0.15, 0.2) is 0 Å². The van der Waals surface area contributed by atoms with Crippen LogP contribution in [-0.4, -0.2) is 17.5 Å². The molecule has 0 amide bonds. The number of rotatable bonds is 2. The van der Waals surface area contributed by atoms with Gasteiger partial charge in [-0.3, -0.25) is 8.93 Å². The molecule has 0 radical (unpaired) electrons. The normalized spacial score (nSPS) is 12.9. The minimum atomic E-state index is -2.28. The van der Waals surface area contributed by atoms with Crippen LogP contribution in [0.2, 0.25) is 0 Å². The molecule has 11 heavy (non-hydrogen) atoms. The highest BCUT2D eigenvalue weighted by Crippen LogP contribution is 2.10. The van der Waals surface area contributed by atoms with E-state index in [0.717, 1.165) is 4.90 Å². The van der Waals surface area contributed by atoms with E-state index in [1.54, 1.807) is 13.3 Å². The van der Waals surface area contributed by atoms with Crippen LogP contribution < -0.4 is 4.72 Å². The number of nitrogens with one attached hydrogen (secondary N) is 1. The molecule has 3 heteroatoms. The Balaban J connectivity index is 3.03. The lowest BCUT2D eigenvalue weighted by Crippen LogP contribution is -2.25. The molecular formula is C8H13NOS. The van der Waals surface area contributed by atoms with Crippen molar-refractivity contribution in [2.24, 2.45) is 0 Å². The third-order valence-corrected chi connectivity index (χ3v) is 3.81. The lowest BCUT2D eigenvalue weighted by molar-refractivity contribution is 0.668. The smallest absolute Gasteiger partial charge is 0.0268 e. The number of hydrogen-bond acceptors (Lipinski definition) is 1. The second-order valence-corrected chi connectivity index (χ2v) is 5.30. The van der Waals surface area contributed by atoms with E-state index in [-0.39, 0.29) is 0 Å². The summed E-state index contributed by atoms with van der Waals surface area (Å²) in [7, 11) is -0.560. The van der Waals surface area contributed by atoms with Crippen molar-refractivity contribution in [3.8, 4) is 0 Å². The third kappa shape index (κ3) is 1.88. The molecule has 0 saturated carbocycles. The Kier molecular flexibility index (Phi) is 2.42. The van der Waals surface area contributed by atoms with Crippen molar-refractivity contribution in [3.05, 3.63) is 30.3 Å². The lowest BCUT2D eigenvalue weighted by Gasteiger charge is -2.17. The highest BCUT2D eigenvalue weighted by atomic mass is 32.3. The summed E-state index contributed by atoms with van der Waals surface area (Å²) < 4.78 is 14.5. The molecule has 1 aromatic rings. The third-order valence-electron chi connectivity index (χ3n) is 1.68. The van der Waals surface area contributed by atoms with E-state index in [9.17, 15) is 4.21 Å². The molecule has 0 spiro atoms. The average molecular weight is 171 g/mol. The van der Waals surface area contributed by atoms with Crippen LogP contribution in [0.4, 0.5) is 0 Å². The van der Waals surface area contributed by atoms with Crippen molar-refractivity contribution in [3.63, 3.8) is 0 Å². The van der Waals surface area contributed by atoms with Crippen LogP contribution in [0, 0.1) is 0 Å². The highest BCUT2D eigenvalue weighted by molar-refractivity contribution is 8.00. The second kappa shape index (κ2) is 3.15. The highest BCUT2D eigenvalue weighted by Gasteiger charge is 2.05. The van der Waals surface area contributed by atoms with Gasteiger partial charge in [-0.2, -0.15) is 0 Å². The van der Waals surface area contributed by atoms with E-state index >= 15 is 0 Å². The largest absolute Gasteiger partial charge is 0.267 e. The quantitative estimate of drug-likeness (QED) is 0.634. The summed E-state index contributed by atoms with van der Waals surface area (Å²) in [6.45, 7) is 0. The molecule has 62 valence electrons. The first-order valence-electron chi connectivity index (χ1n) is 3.49. The molecule has 0 bridgehead atoms. The first kappa shape index (κ1) is 8.43. The summed E-state index contributed by atoms with van der Waals surface area (Å²) in [6.07, 6.45) is 1.72. The van der Waals surface area contributed by atoms with Crippen molar-refractivity contribution < 1.29 is 4.21 Å². The fourth-order valence-electron chi connectivity index (χ4n) is 0.842. The van der Waals surface area contributed by atoms with Gasteiger partial charge in [0.25, 0.3) is 0 Å². The Hall–Kier alpha value is -0.670. The molecule has 0 heterocycles. The maximum atomic E-state index is 11.7. The van der Waals surface area contributed by atoms with Crippen molar-refractivity contribution in [2.45, 2.75) is 4.90 Å². The molecule has 0 unspecified atom stereocenters. The second-order valence-electron chi connectivity index (χ2n) is 2.48. The predicted octanol–water partition coefficient (Wildman–Crippen LogP) is 0.826. The Labute approximate surface area is 68.2 Å². The Morgan fingerprint density at radius 3 is 2.27 bits per heavy atom. The van der Waals surface area contributed by atoms with Crippen LogP contribution in [0.25, 0.3) is 0 Å². The minimum absolute atomic E-state index is 0.877. The zero-order valence-electron chi connectivity index (χ0n) is 6.74. The van der Waals surface area contributed by atoms with Gasteiger partial charge in [0, 0.05) is 11.2 Å². The van der Waals surface area contributed by atoms with Crippen molar-refractivity contribution >= 4 is 10.1 Å². The number of hydrogen-bond donors (Lipinski definition) is 2. The minimum Gasteiger partial charge on any atom is -0.267 e. The molecule has 0 aliphatic rings. The SMILES string of the molecule is CN[SH](C)(=O)c1ccccc1. The topological polar surface area (TPSA) is 29.1 Å². The fourth-order valence-corrected chi connectivity index (χ4v) is 1.84. The van der Waals surface area contributed by atoms with Gasteiger partial charge < -0.3 is 0 Å². The summed E-state index contributed by atoms with van der Waals surface area (Å²) in [4.78, 5) is 0.877. The molecule has 0 atom stereocenters. The maximum absolute atomic E-state index is 11.7. The Morgan fingerprint density at radius 1 is 1.27 bits per heavy atom.